The zero-order valence-electron chi connectivity index (χ0n) is 17.1. The van der Waals surface area contributed by atoms with E-state index in [4.69, 9.17) is 0 Å². The minimum Gasteiger partial charge on any atom is -0.392 e. The van der Waals surface area contributed by atoms with Gasteiger partial charge < -0.3 is 31.5 Å². The Morgan fingerprint density at radius 2 is 1.09 bits per heavy atom. The third-order valence-corrected chi connectivity index (χ3v) is 7.16. The Bertz CT molecular complexity index is 1290. The van der Waals surface area contributed by atoms with Gasteiger partial charge in [-0.05, 0) is 35.4 Å². The molecule has 1 fully saturated rings. The van der Waals surface area contributed by atoms with Crippen LogP contribution in [-0.2, 0) is 0 Å². The van der Waals surface area contributed by atoms with Gasteiger partial charge >= 0.3 is 0 Å². The van der Waals surface area contributed by atoms with Crippen molar-refractivity contribution in [2.45, 2.75) is 24.0 Å². The molecule has 0 atom stereocenters. The second kappa shape index (κ2) is 6.44. The number of anilines is 4. The van der Waals surface area contributed by atoms with Gasteiger partial charge in [-0.1, -0.05) is 12.1 Å². The maximum atomic E-state index is 11.3. The molecule has 3 aliphatic rings. The van der Waals surface area contributed by atoms with E-state index in [2.05, 4.69) is 31.2 Å². The van der Waals surface area contributed by atoms with Crippen LogP contribution >= 0.6 is 0 Å². The molecule has 4 heterocycles. The van der Waals surface area contributed by atoms with E-state index >= 15 is 0 Å². The minimum absolute atomic E-state index is 0.379. The molecule has 0 unspecified atom stereocenters. The van der Waals surface area contributed by atoms with Crippen LogP contribution in [0.4, 0.5) is 22.7 Å². The Balaban J connectivity index is 1.32. The highest BCUT2D eigenvalue weighted by molar-refractivity contribution is 6.05. The minimum atomic E-state index is -0.707. The van der Waals surface area contributed by atoms with Crippen molar-refractivity contribution >= 4 is 44.6 Å². The van der Waals surface area contributed by atoms with E-state index in [1.807, 2.05) is 36.4 Å². The molecule has 0 amide bonds. The summed E-state index contributed by atoms with van der Waals surface area (Å²) >= 11 is 0. The monoisotopic (exact) mass is 426 g/mol. The summed E-state index contributed by atoms with van der Waals surface area (Å²) in [6.07, 6.45) is 2.17. The van der Waals surface area contributed by atoms with Crippen molar-refractivity contribution < 1.29 is 10.2 Å². The summed E-state index contributed by atoms with van der Waals surface area (Å²) < 4.78 is 0. The fraction of sp³-hybridized carbons (Fsp3) is 0.250. The molecule has 160 valence electrons. The predicted octanol–water partition coefficient (Wildman–Crippen LogP) is 2.98. The Morgan fingerprint density at radius 3 is 1.56 bits per heavy atom. The van der Waals surface area contributed by atoms with Crippen molar-refractivity contribution in [1.29, 1.82) is 0 Å². The van der Waals surface area contributed by atoms with Crippen LogP contribution in [0, 0.1) is 0 Å². The lowest BCUT2D eigenvalue weighted by atomic mass is 9.62. The van der Waals surface area contributed by atoms with Crippen molar-refractivity contribution in [3.8, 4) is 0 Å². The molecule has 2 aliphatic heterocycles. The summed E-state index contributed by atoms with van der Waals surface area (Å²) in [5.74, 6) is -0.757. The molecule has 0 radical (unpaired) electrons. The third-order valence-electron chi connectivity index (χ3n) is 7.16. The normalized spacial score (nSPS) is 25.3. The van der Waals surface area contributed by atoms with E-state index in [9.17, 15) is 10.2 Å². The molecule has 0 saturated heterocycles. The number of hydrogen-bond donors (Lipinski definition) is 6. The van der Waals surface area contributed by atoms with Gasteiger partial charge in [-0.2, -0.15) is 0 Å². The van der Waals surface area contributed by atoms with E-state index in [1.54, 1.807) is 12.4 Å². The second-order valence-electron chi connectivity index (χ2n) is 8.66. The van der Waals surface area contributed by atoms with Gasteiger partial charge in [0.1, 0.15) is 0 Å². The van der Waals surface area contributed by atoms with Gasteiger partial charge in [0.25, 0.3) is 0 Å². The van der Waals surface area contributed by atoms with Gasteiger partial charge in [-0.15, -0.1) is 0 Å². The largest absolute Gasteiger partial charge is 0.392 e. The molecule has 32 heavy (non-hydrogen) atoms. The predicted molar refractivity (Wildman–Crippen MR) is 125 cm³/mol. The molecule has 4 aromatic rings. The molecule has 1 saturated carbocycles. The highest BCUT2D eigenvalue weighted by atomic mass is 16.3. The van der Waals surface area contributed by atoms with Crippen LogP contribution in [0.15, 0.2) is 48.8 Å². The van der Waals surface area contributed by atoms with Gasteiger partial charge in [0.15, 0.2) is 0 Å². The lowest BCUT2D eigenvalue weighted by Gasteiger charge is -2.48. The average molecular weight is 426 g/mol. The number of nitrogens with one attached hydrogen (secondary N) is 4. The molecule has 8 nitrogen and oxygen atoms in total. The van der Waals surface area contributed by atoms with Crippen LogP contribution < -0.4 is 21.3 Å². The summed E-state index contributed by atoms with van der Waals surface area (Å²) in [6.45, 7) is 1.18. The van der Waals surface area contributed by atoms with Crippen molar-refractivity contribution in [3.05, 3.63) is 59.9 Å². The topological polar surface area (TPSA) is 114 Å². The van der Waals surface area contributed by atoms with Gasteiger partial charge in [0.05, 0.1) is 48.0 Å². The molecule has 2 aromatic carbocycles. The molecule has 6 N–H and O–H groups in total. The molecule has 7 rings (SSSR count). The summed E-state index contributed by atoms with van der Waals surface area (Å²) in [5.41, 5.74) is 7.54. The first-order valence-electron chi connectivity index (χ1n) is 10.9. The molecule has 8 heteroatoms. The lowest BCUT2D eigenvalue weighted by Crippen LogP contribution is -2.52. The highest BCUT2D eigenvalue weighted by Gasteiger charge is 2.52. The van der Waals surface area contributed by atoms with Crippen LogP contribution in [0.3, 0.4) is 0 Å². The number of aliphatic hydroxyl groups is 2. The Hall–Kier alpha value is -3.62. The van der Waals surface area contributed by atoms with Crippen LogP contribution in [-0.4, -0.2) is 45.7 Å². The van der Waals surface area contributed by atoms with Crippen molar-refractivity contribution in [1.82, 2.24) is 9.97 Å². The molecule has 0 spiro atoms. The number of aliphatic hydroxyl groups excluding tert-OH is 2. The van der Waals surface area contributed by atoms with E-state index in [-0.39, 0.29) is 11.8 Å². The lowest BCUT2D eigenvalue weighted by molar-refractivity contribution is -0.0780. The summed E-state index contributed by atoms with van der Waals surface area (Å²) in [4.78, 5) is 8.94. The molecular weight excluding hydrogens is 404 g/mol. The molecule has 2 aromatic heterocycles. The fourth-order valence-electron chi connectivity index (χ4n) is 5.65. The zero-order chi connectivity index (χ0) is 21.4. The summed E-state index contributed by atoms with van der Waals surface area (Å²) in [7, 11) is 0. The van der Waals surface area contributed by atoms with Crippen LogP contribution in [0.25, 0.3) is 21.8 Å². The first kappa shape index (κ1) is 18.0. The second-order valence-corrected chi connectivity index (χ2v) is 8.66. The van der Waals surface area contributed by atoms with Crippen molar-refractivity contribution in [3.63, 3.8) is 0 Å². The van der Waals surface area contributed by atoms with Crippen molar-refractivity contribution in [2.75, 3.05) is 34.6 Å². The highest BCUT2D eigenvalue weighted by Crippen LogP contribution is 2.54. The van der Waals surface area contributed by atoms with Crippen LogP contribution in [0.2, 0.25) is 0 Å². The number of pyridine rings is 2. The van der Waals surface area contributed by atoms with Crippen LogP contribution in [0.5, 0.6) is 0 Å². The molecule has 0 bridgehead atoms. The van der Waals surface area contributed by atoms with Crippen LogP contribution in [0.1, 0.15) is 23.0 Å². The molecular formula is C24H22N6O2. The van der Waals surface area contributed by atoms with Gasteiger partial charge in [0, 0.05) is 46.4 Å². The number of nitrogens with zero attached hydrogens (tertiary/aromatic N) is 2. The Kier molecular flexibility index (Phi) is 3.62. The number of hydrogen-bond acceptors (Lipinski definition) is 8. The molecule has 1 aliphatic carbocycles. The smallest absolute Gasteiger partial charge is 0.0849 e. The first-order valence-corrected chi connectivity index (χ1v) is 10.9. The fourth-order valence-corrected chi connectivity index (χ4v) is 5.65. The van der Waals surface area contributed by atoms with E-state index in [0.29, 0.717) is 13.3 Å². The first-order chi connectivity index (χ1) is 15.7. The number of benzene rings is 2. The zero-order valence-corrected chi connectivity index (χ0v) is 17.1. The number of aromatic nitrogens is 2. The van der Waals surface area contributed by atoms with Gasteiger partial charge in [-0.3, -0.25) is 9.97 Å². The van der Waals surface area contributed by atoms with Crippen molar-refractivity contribution in [2.24, 2.45) is 0 Å². The maximum absolute atomic E-state index is 11.3. The standard InChI is InChI=1S/C24H22N6O2/c31-23-17(11-1-3-13-19-15(5-7-25-13)27-9-29-21(11)19)24(32)18(23)12-2-4-14-20-16(6-8-26-14)28-10-30-22(12)20/h1-8,17-18,23-24,27-32H,9-10H2. The van der Waals surface area contributed by atoms with Gasteiger partial charge in [0.2, 0.25) is 0 Å². The van der Waals surface area contributed by atoms with Gasteiger partial charge in [-0.25, -0.2) is 0 Å². The third kappa shape index (κ3) is 2.28. The quantitative estimate of drug-likeness (QED) is 0.290. The van der Waals surface area contributed by atoms with E-state index < -0.39 is 12.2 Å². The number of rotatable bonds is 2. The Morgan fingerprint density at radius 1 is 0.625 bits per heavy atom. The Labute approximate surface area is 183 Å². The SMILES string of the molecule is OC1C(c2ccc3nccc4c3c2NCN4)C(O)C1c1ccc2nccc3c2c1NCN3. The average Bonchev–Trinajstić information content (AvgIpc) is 2.83. The summed E-state index contributed by atoms with van der Waals surface area (Å²) in [6, 6.07) is 11.8. The summed E-state index contributed by atoms with van der Waals surface area (Å²) in [5, 5.41) is 38.1. The maximum Gasteiger partial charge on any atom is 0.0849 e. The van der Waals surface area contributed by atoms with E-state index in [1.165, 1.54) is 0 Å². The van der Waals surface area contributed by atoms with E-state index in [0.717, 1.165) is 55.7 Å².